The van der Waals surface area contributed by atoms with Gasteiger partial charge in [0.15, 0.2) is 5.60 Å². The van der Waals surface area contributed by atoms with E-state index in [9.17, 15) is 14.3 Å². The van der Waals surface area contributed by atoms with Crippen LogP contribution < -0.4 is 0 Å². The zero-order valence-corrected chi connectivity index (χ0v) is 15.9. The molecule has 5 nitrogen and oxygen atoms in total. The molecule has 0 radical (unpaired) electrons. The number of aromatic nitrogens is 1. The van der Waals surface area contributed by atoms with E-state index in [0.717, 1.165) is 22.7 Å². The van der Waals surface area contributed by atoms with Crippen molar-refractivity contribution in [2.24, 2.45) is 0 Å². The smallest absolute Gasteiger partial charge is 0.256 e. The van der Waals surface area contributed by atoms with Crippen molar-refractivity contribution in [1.82, 2.24) is 14.8 Å². The van der Waals surface area contributed by atoms with Gasteiger partial charge in [0.05, 0.1) is 6.54 Å². The topological polar surface area (TPSA) is 56.7 Å². The summed E-state index contributed by atoms with van der Waals surface area (Å²) in [5.41, 5.74) is 0.450. The van der Waals surface area contributed by atoms with Crippen LogP contribution in [0.1, 0.15) is 29.1 Å². The summed E-state index contributed by atoms with van der Waals surface area (Å²) in [7, 11) is 1.89. The van der Waals surface area contributed by atoms with E-state index in [4.69, 9.17) is 0 Å². The van der Waals surface area contributed by atoms with Crippen molar-refractivity contribution in [3.05, 3.63) is 51.7 Å². The number of halogens is 1. The highest BCUT2D eigenvalue weighted by molar-refractivity contribution is 7.09. The van der Waals surface area contributed by atoms with E-state index in [2.05, 4.69) is 4.98 Å². The van der Waals surface area contributed by atoms with Crippen molar-refractivity contribution in [1.29, 1.82) is 0 Å². The monoisotopic (exact) mass is 377 g/mol. The lowest BCUT2D eigenvalue weighted by Crippen LogP contribution is -2.57. The summed E-state index contributed by atoms with van der Waals surface area (Å²) in [6.45, 7) is 3.81. The van der Waals surface area contributed by atoms with Crippen LogP contribution in [0.3, 0.4) is 0 Å². The van der Waals surface area contributed by atoms with Gasteiger partial charge in [0.25, 0.3) is 5.91 Å². The van der Waals surface area contributed by atoms with Gasteiger partial charge in [-0.25, -0.2) is 9.37 Å². The Morgan fingerprint density at radius 1 is 1.38 bits per heavy atom. The SMILES string of the molecule is Cc1csc(CN(C)C[C@]2(O)CCCN(Cc3ccc(F)cc3)C2=O)n1. The molecule has 7 heteroatoms. The fraction of sp³-hybridized carbons (Fsp3) is 0.474. The van der Waals surface area contributed by atoms with Crippen LogP contribution in [0.5, 0.6) is 0 Å². The lowest BCUT2D eigenvalue weighted by atomic mass is 9.91. The quantitative estimate of drug-likeness (QED) is 0.841. The first-order valence-corrected chi connectivity index (χ1v) is 9.59. The third kappa shape index (κ3) is 4.47. The summed E-state index contributed by atoms with van der Waals surface area (Å²) in [4.78, 5) is 20.9. The van der Waals surface area contributed by atoms with Crippen molar-refractivity contribution >= 4 is 17.2 Å². The predicted octanol–water partition coefficient (Wildman–Crippen LogP) is 2.58. The van der Waals surface area contributed by atoms with Gasteiger partial charge in [-0.15, -0.1) is 11.3 Å². The molecule has 0 aliphatic carbocycles. The molecule has 1 aliphatic rings. The zero-order valence-electron chi connectivity index (χ0n) is 15.1. The van der Waals surface area contributed by atoms with Crippen LogP contribution in [0.4, 0.5) is 4.39 Å². The number of nitrogens with zero attached hydrogens (tertiary/aromatic N) is 3. The Balaban J connectivity index is 1.64. The van der Waals surface area contributed by atoms with Crippen molar-refractivity contribution in [2.45, 2.75) is 38.5 Å². The number of hydrogen-bond acceptors (Lipinski definition) is 5. The van der Waals surface area contributed by atoms with Gasteiger partial charge < -0.3 is 10.0 Å². The average Bonchev–Trinajstić information content (AvgIpc) is 2.98. The molecule has 0 saturated carbocycles. The number of likely N-dealkylation sites (tertiary alicyclic amines) is 1. The summed E-state index contributed by atoms with van der Waals surface area (Å²) in [5, 5.41) is 13.9. The lowest BCUT2D eigenvalue weighted by Gasteiger charge is -2.40. The predicted molar refractivity (Wildman–Crippen MR) is 99.2 cm³/mol. The zero-order chi connectivity index (χ0) is 18.7. The first-order valence-electron chi connectivity index (χ1n) is 8.71. The van der Waals surface area contributed by atoms with Gasteiger partial charge in [-0.3, -0.25) is 9.69 Å². The van der Waals surface area contributed by atoms with Crippen LogP contribution in [0.15, 0.2) is 29.6 Å². The van der Waals surface area contributed by atoms with E-state index in [-0.39, 0.29) is 18.3 Å². The van der Waals surface area contributed by atoms with Gasteiger partial charge >= 0.3 is 0 Å². The van der Waals surface area contributed by atoms with E-state index in [0.29, 0.717) is 26.1 Å². The summed E-state index contributed by atoms with van der Waals surface area (Å²) in [6, 6.07) is 6.12. The number of benzene rings is 1. The maximum absolute atomic E-state index is 13.1. The largest absolute Gasteiger partial charge is 0.379 e. The first kappa shape index (κ1) is 18.9. The second-order valence-corrected chi connectivity index (χ2v) is 7.99. The molecule has 1 aromatic carbocycles. The van der Waals surface area contributed by atoms with E-state index in [1.54, 1.807) is 28.4 Å². The number of hydrogen-bond donors (Lipinski definition) is 1. The van der Waals surface area contributed by atoms with Crippen molar-refractivity contribution < 1.29 is 14.3 Å². The molecule has 2 aromatic rings. The van der Waals surface area contributed by atoms with Crippen molar-refractivity contribution in [3.8, 4) is 0 Å². The average molecular weight is 377 g/mol. The number of carbonyl (C=O) groups excluding carboxylic acids is 1. The number of likely N-dealkylation sites (N-methyl/N-ethyl adjacent to an activating group) is 1. The number of aryl methyl sites for hydroxylation is 1. The minimum absolute atomic E-state index is 0.254. The van der Waals surface area contributed by atoms with E-state index < -0.39 is 5.60 Å². The molecule has 3 rings (SSSR count). The van der Waals surface area contributed by atoms with E-state index >= 15 is 0 Å². The summed E-state index contributed by atoms with van der Waals surface area (Å²) in [5.74, 6) is -0.551. The number of piperidine rings is 1. The molecule has 2 heterocycles. The summed E-state index contributed by atoms with van der Waals surface area (Å²) in [6.07, 6.45) is 1.20. The number of amides is 1. The maximum atomic E-state index is 13.1. The fourth-order valence-corrected chi connectivity index (χ4v) is 4.23. The van der Waals surface area contributed by atoms with Crippen molar-refractivity contribution in [2.75, 3.05) is 20.1 Å². The molecule has 1 aromatic heterocycles. The van der Waals surface area contributed by atoms with Crippen LogP contribution in [-0.2, 0) is 17.9 Å². The van der Waals surface area contributed by atoms with Gasteiger partial charge in [0, 0.05) is 30.7 Å². The highest BCUT2D eigenvalue weighted by Gasteiger charge is 2.42. The molecular weight excluding hydrogens is 353 g/mol. The summed E-state index contributed by atoms with van der Waals surface area (Å²) < 4.78 is 13.1. The Kier molecular flexibility index (Phi) is 5.70. The van der Waals surface area contributed by atoms with Crippen LogP contribution in [-0.4, -0.2) is 51.5 Å². The van der Waals surface area contributed by atoms with Gasteiger partial charge in [-0.1, -0.05) is 12.1 Å². The van der Waals surface area contributed by atoms with Crippen LogP contribution in [0, 0.1) is 12.7 Å². The van der Waals surface area contributed by atoms with E-state index in [1.165, 1.54) is 12.1 Å². The molecular formula is C19H24FN3O2S. The van der Waals surface area contributed by atoms with E-state index in [1.807, 2.05) is 24.3 Å². The highest BCUT2D eigenvalue weighted by Crippen LogP contribution is 2.26. The number of thiazole rings is 1. The minimum atomic E-state index is -1.39. The molecule has 1 amide bonds. The van der Waals surface area contributed by atoms with Gasteiger partial charge in [-0.2, -0.15) is 0 Å². The van der Waals surface area contributed by atoms with Crippen molar-refractivity contribution in [3.63, 3.8) is 0 Å². The number of rotatable bonds is 6. The molecule has 0 spiro atoms. The standard InChI is InChI=1S/C19H24FN3O2S/c1-14-12-26-17(21-14)11-22(2)13-19(25)8-3-9-23(18(19)24)10-15-4-6-16(20)7-5-15/h4-7,12,25H,3,8-11,13H2,1-2H3/t19-/m1/s1. The third-order valence-electron chi connectivity index (χ3n) is 4.59. The Morgan fingerprint density at radius 3 is 2.77 bits per heavy atom. The van der Waals surface area contributed by atoms with Gasteiger partial charge in [0.2, 0.25) is 0 Å². The van der Waals surface area contributed by atoms with Gasteiger partial charge in [0.1, 0.15) is 10.8 Å². The van der Waals surface area contributed by atoms with Crippen LogP contribution >= 0.6 is 11.3 Å². The molecule has 0 unspecified atom stereocenters. The summed E-state index contributed by atoms with van der Waals surface area (Å²) >= 11 is 1.58. The fourth-order valence-electron chi connectivity index (χ4n) is 3.38. The molecule has 1 fully saturated rings. The minimum Gasteiger partial charge on any atom is -0.379 e. The first-order chi connectivity index (χ1) is 12.4. The Bertz CT molecular complexity index is 764. The number of carbonyl (C=O) groups is 1. The molecule has 1 N–H and O–H groups in total. The highest BCUT2D eigenvalue weighted by atomic mass is 32.1. The third-order valence-corrected chi connectivity index (χ3v) is 5.55. The number of aliphatic hydroxyl groups is 1. The molecule has 1 aliphatic heterocycles. The molecule has 1 saturated heterocycles. The lowest BCUT2D eigenvalue weighted by molar-refractivity contribution is -0.160. The Morgan fingerprint density at radius 2 is 2.12 bits per heavy atom. The molecule has 26 heavy (non-hydrogen) atoms. The van der Waals surface area contributed by atoms with Crippen LogP contribution in [0.25, 0.3) is 0 Å². The normalized spacial score (nSPS) is 20.8. The maximum Gasteiger partial charge on any atom is 0.256 e. The Labute approximate surface area is 157 Å². The second kappa shape index (κ2) is 7.82. The van der Waals surface area contributed by atoms with Crippen LogP contribution in [0.2, 0.25) is 0 Å². The molecule has 1 atom stereocenters. The second-order valence-electron chi connectivity index (χ2n) is 7.04. The van der Waals surface area contributed by atoms with Gasteiger partial charge in [-0.05, 0) is 44.5 Å². The molecule has 140 valence electrons. The molecule has 0 bridgehead atoms. The Hall–Kier alpha value is -1.83.